The van der Waals surface area contributed by atoms with Gasteiger partial charge in [0, 0.05) is 27.5 Å². The predicted octanol–water partition coefficient (Wildman–Crippen LogP) is 3.45. The van der Waals surface area contributed by atoms with E-state index in [0.29, 0.717) is 0 Å². The highest BCUT2D eigenvalue weighted by Crippen LogP contribution is 2.26. The van der Waals surface area contributed by atoms with Gasteiger partial charge in [-0.1, -0.05) is 28.1 Å². The molecule has 0 aliphatic rings. The van der Waals surface area contributed by atoms with E-state index in [1.807, 2.05) is 31.5 Å². The summed E-state index contributed by atoms with van der Waals surface area (Å²) in [6.07, 6.45) is 3.71. The molecule has 2 rings (SSSR count). The molecule has 3 N–H and O–H groups in total. The van der Waals surface area contributed by atoms with E-state index in [-0.39, 0.29) is 6.04 Å². The Morgan fingerprint density at radius 2 is 2.21 bits per heavy atom. The third-order valence-electron chi connectivity index (χ3n) is 2.71. The van der Waals surface area contributed by atoms with Gasteiger partial charge in [-0.25, -0.2) is 0 Å². The number of thioether (sulfide) groups is 1. The average molecular weight is 338 g/mol. The molecule has 19 heavy (non-hydrogen) atoms. The Bertz CT molecular complexity index is 548. The number of rotatable bonds is 5. The summed E-state index contributed by atoms with van der Waals surface area (Å²) in [6, 6.07) is 10.5. The molecule has 1 atom stereocenters. The predicted molar refractivity (Wildman–Crippen MR) is 83.9 cm³/mol. The van der Waals surface area contributed by atoms with Crippen LogP contribution in [0.3, 0.4) is 0 Å². The molecular formula is C14H16BrN3S. The van der Waals surface area contributed by atoms with Crippen LogP contribution >= 0.6 is 27.7 Å². The van der Waals surface area contributed by atoms with Gasteiger partial charge < -0.3 is 0 Å². The van der Waals surface area contributed by atoms with E-state index in [0.717, 1.165) is 21.4 Å². The van der Waals surface area contributed by atoms with Crippen LogP contribution < -0.4 is 11.3 Å². The topological polar surface area (TPSA) is 50.9 Å². The number of halogens is 1. The fraction of sp³-hybridized carbons (Fsp3) is 0.214. The molecule has 5 heteroatoms. The molecule has 0 spiro atoms. The largest absolute Gasteiger partial charge is 0.271 e. The van der Waals surface area contributed by atoms with E-state index >= 15 is 0 Å². The first kappa shape index (κ1) is 14.5. The summed E-state index contributed by atoms with van der Waals surface area (Å²) in [4.78, 5) is 5.43. The monoisotopic (exact) mass is 337 g/mol. The lowest BCUT2D eigenvalue weighted by Crippen LogP contribution is -2.29. The number of hydrogen-bond acceptors (Lipinski definition) is 4. The molecule has 100 valence electrons. The number of benzene rings is 1. The molecule has 0 radical (unpaired) electrons. The second kappa shape index (κ2) is 7.05. The van der Waals surface area contributed by atoms with Crippen LogP contribution in [0, 0.1) is 6.92 Å². The molecule has 0 aliphatic carbocycles. The van der Waals surface area contributed by atoms with Crippen LogP contribution in [-0.2, 0) is 0 Å². The lowest BCUT2D eigenvalue weighted by molar-refractivity contribution is 0.608. The smallest absolute Gasteiger partial charge is 0.0569 e. The molecule has 2 aromatic rings. The summed E-state index contributed by atoms with van der Waals surface area (Å²) in [7, 11) is 0. The zero-order valence-corrected chi connectivity index (χ0v) is 13.0. The number of hydrazine groups is 1. The molecule has 0 bridgehead atoms. The molecular weight excluding hydrogens is 322 g/mol. The summed E-state index contributed by atoms with van der Waals surface area (Å²) in [5.41, 5.74) is 5.12. The Hall–Kier alpha value is -0.880. The molecule has 1 aromatic heterocycles. The van der Waals surface area contributed by atoms with E-state index in [2.05, 4.69) is 44.5 Å². The molecule has 1 unspecified atom stereocenters. The molecule has 0 fully saturated rings. The number of pyridine rings is 1. The first-order valence-corrected chi connectivity index (χ1v) is 7.73. The van der Waals surface area contributed by atoms with Crippen molar-refractivity contribution in [1.29, 1.82) is 0 Å². The Labute approximate surface area is 126 Å². The molecule has 1 heterocycles. The highest BCUT2D eigenvalue weighted by molar-refractivity contribution is 9.10. The summed E-state index contributed by atoms with van der Waals surface area (Å²) in [6.45, 7) is 2.03. The minimum Gasteiger partial charge on any atom is -0.271 e. The van der Waals surface area contributed by atoms with Gasteiger partial charge in [0.05, 0.1) is 6.04 Å². The fourth-order valence-corrected chi connectivity index (χ4v) is 3.33. The summed E-state index contributed by atoms with van der Waals surface area (Å²) < 4.78 is 1.09. The minimum absolute atomic E-state index is 0.0939. The molecule has 1 aromatic carbocycles. The van der Waals surface area contributed by atoms with Gasteiger partial charge in [0.15, 0.2) is 0 Å². The number of hydrogen-bond donors (Lipinski definition) is 2. The van der Waals surface area contributed by atoms with Crippen LogP contribution in [-0.4, -0.2) is 10.7 Å². The molecule has 3 nitrogen and oxygen atoms in total. The first-order valence-electron chi connectivity index (χ1n) is 5.95. The van der Waals surface area contributed by atoms with E-state index in [1.54, 1.807) is 11.8 Å². The highest BCUT2D eigenvalue weighted by atomic mass is 79.9. The number of nitrogens with zero attached hydrogens (tertiary/aromatic N) is 1. The van der Waals surface area contributed by atoms with Crippen LogP contribution in [0.2, 0.25) is 0 Å². The zero-order chi connectivity index (χ0) is 13.7. The SMILES string of the molecule is Cc1cncc(C(CSc2cccc(Br)c2)NN)c1. The van der Waals surface area contributed by atoms with Crippen molar-refractivity contribution in [3.63, 3.8) is 0 Å². The second-order valence-electron chi connectivity index (χ2n) is 4.28. The number of aryl methyl sites for hydroxylation is 1. The quantitative estimate of drug-likeness (QED) is 0.498. The van der Waals surface area contributed by atoms with Gasteiger partial charge in [0.25, 0.3) is 0 Å². The summed E-state index contributed by atoms with van der Waals surface area (Å²) in [5, 5.41) is 0. The Balaban J connectivity index is 2.04. The molecule has 0 saturated heterocycles. The standard InChI is InChI=1S/C14H16BrN3S/c1-10-5-11(8-17-7-10)14(18-16)9-19-13-4-2-3-12(15)6-13/h2-8,14,18H,9,16H2,1H3. The summed E-state index contributed by atoms with van der Waals surface area (Å²) in [5.74, 6) is 6.51. The van der Waals surface area contributed by atoms with Gasteiger partial charge in [-0.05, 0) is 36.2 Å². The van der Waals surface area contributed by atoms with Gasteiger partial charge in [-0.2, -0.15) is 0 Å². The molecule has 0 saturated carbocycles. The lowest BCUT2D eigenvalue weighted by atomic mass is 10.1. The lowest BCUT2D eigenvalue weighted by Gasteiger charge is -2.16. The van der Waals surface area contributed by atoms with Crippen LogP contribution in [0.1, 0.15) is 17.2 Å². The van der Waals surface area contributed by atoms with Crippen molar-refractivity contribution in [3.8, 4) is 0 Å². The number of aromatic nitrogens is 1. The van der Waals surface area contributed by atoms with E-state index in [1.165, 1.54) is 4.90 Å². The van der Waals surface area contributed by atoms with Crippen molar-refractivity contribution in [3.05, 3.63) is 58.3 Å². The number of nitrogens with two attached hydrogens (primary N) is 1. The highest BCUT2D eigenvalue weighted by Gasteiger charge is 2.10. The van der Waals surface area contributed by atoms with Crippen LogP contribution in [0.5, 0.6) is 0 Å². The number of nitrogens with one attached hydrogen (secondary N) is 1. The van der Waals surface area contributed by atoms with Crippen molar-refractivity contribution in [2.75, 3.05) is 5.75 Å². The van der Waals surface area contributed by atoms with E-state index in [9.17, 15) is 0 Å². The van der Waals surface area contributed by atoms with E-state index in [4.69, 9.17) is 5.84 Å². The van der Waals surface area contributed by atoms with Gasteiger partial charge in [-0.15, -0.1) is 11.8 Å². The van der Waals surface area contributed by atoms with Gasteiger partial charge >= 0.3 is 0 Å². The minimum atomic E-state index is 0.0939. The van der Waals surface area contributed by atoms with Gasteiger partial charge in [0.1, 0.15) is 0 Å². The molecule has 0 aliphatic heterocycles. The maximum atomic E-state index is 5.65. The summed E-state index contributed by atoms with van der Waals surface area (Å²) >= 11 is 5.24. The van der Waals surface area contributed by atoms with Crippen molar-refractivity contribution in [1.82, 2.24) is 10.4 Å². The Morgan fingerprint density at radius 3 is 2.89 bits per heavy atom. The van der Waals surface area contributed by atoms with Crippen LogP contribution in [0.25, 0.3) is 0 Å². The maximum Gasteiger partial charge on any atom is 0.0569 e. The van der Waals surface area contributed by atoms with Crippen LogP contribution in [0.15, 0.2) is 52.1 Å². The van der Waals surface area contributed by atoms with Crippen LogP contribution in [0.4, 0.5) is 0 Å². The first-order chi connectivity index (χ1) is 9.19. The zero-order valence-electron chi connectivity index (χ0n) is 10.6. The molecule has 0 amide bonds. The van der Waals surface area contributed by atoms with Gasteiger partial charge in [0.2, 0.25) is 0 Å². The van der Waals surface area contributed by atoms with Gasteiger partial charge in [-0.3, -0.25) is 16.3 Å². The van der Waals surface area contributed by atoms with Crippen molar-refractivity contribution in [2.45, 2.75) is 17.9 Å². The fourth-order valence-electron chi connectivity index (χ4n) is 1.75. The van der Waals surface area contributed by atoms with Crippen molar-refractivity contribution < 1.29 is 0 Å². The average Bonchev–Trinajstić information content (AvgIpc) is 2.40. The Kier molecular flexibility index (Phi) is 5.39. The second-order valence-corrected chi connectivity index (χ2v) is 6.29. The third kappa shape index (κ3) is 4.31. The Morgan fingerprint density at radius 1 is 1.37 bits per heavy atom. The van der Waals surface area contributed by atoms with Crippen molar-refractivity contribution >= 4 is 27.7 Å². The normalized spacial score (nSPS) is 12.4. The van der Waals surface area contributed by atoms with Crippen molar-refractivity contribution in [2.24, 2.45) is 5.84 Å². The third-order valence-corrected chi connectivity index (χ3v) is 4.29. The maximum absolute atomic E-state index is 5.65. The van der Waals surface area contributed by atoms with E-state index < -0.39 is 0 Å².